The van der Waals surface area contributed by atoms with E-state index in [1.54, 1.807) is 0 Å². The van der Waals surface area contributed by atoms with E-state index in [0.29, 0.717) is 12.1 Å². The lowest BCUT2D eigenvalue weighted by Crippen LogP contribution is -2.38. The maximum atomic E-state index is 6.08. The average Bonchev–Trinajstić information content (AvgIpc) is 2.54. The molecule has 0 aromatic rings. The van der Waals surface area contributed by atoms with E-state index in [0.717, 1.165) is 11.8 Å². The number of hydrogen-bond acceptors (Lipinski definition) is 2. The van der Waals surface area contributed by atoms with Crippen LogP contribution in [-0.2, 0) is 4.84 Å². The first-order chi connectivity index (χ1) is 6.43. The zero-order valence-corrected chi connectivity index (χ0v) is 10.1. The molecule has 1 aliphatic heterocycles. The van der Waals surface area contributed by atoms with Gasteiger partial charge >= 0.3 is 0 Å². The van der Waals surface area contributed by atoms with Crippen molar-refractivity contribution in [3.8, 4) is 0 Å². The maximum Gasteiger partial charge on any atom is 0.0887 e. The van der Waals surface area contributed by atoms with Crippen molar-refractivity contribution in [3.63, 3.8) is 0 Å². The Hall–Kier alpha value is -0.0800. The van der Waals surface area contributed by atoms with Crippen LogP contribution < -0.4 is 0 Å². The number of nitrogens with zero attached hydrogens (tertiary/aromatic N) is 1. The van der Waals surface area contributed by atoms with Crippen LogP contribution in [0.5, 0.6) is 0 Å². The molecule has 0 aromatic heterocycles. The molecule has 0 radical (unpaired) electrons. The number of hydrogen-bond donors (Lipinski definition) is 0. The standard InChI is InChI=1S/C12H23NO/c1-8(2)13-11-9(3)6-7-10(11)12(4,5)14-13/h8-11H,6-7H2,1-5H3. The number of rotatable bonds is 1. The molecule has 14 heavy (non-hydrogen) atoms. The zero-order chi connectivity index (χ0) is 10.5. The monoisotopic (exact) mass is 197 g/mol. The highest BCUT2D eigenvalue weighted by molar-refractivity contribution is 5.00. The summed E-state index contributed by atoms with van der Waals surface area (Å²) >= 11 is 0. The molecule has 1 saturated carbocycles. The second-order valence-corrected chi connectivity index (χ2v) is 5.80. The number of fused-ring (bicyclic) bond motifs is 1. The van der Waals surface area contributed by atoms with Crippen molar-refractivity contribution in [1.82, 2.24) is 5.06 Å². The summed E-state index contributed by atoms with van der Waals surface area (Å²) in [5.41, 5.74) is 0.0553. The van der Waals surface area contributed by atoms with Gasteiger partial charge in [0.1, 0.15) is 0 Å². The summed E-state index contributed by atoms with van der Waals surface area (Å²) in [7, 11) is 0. The van der Waals surface area contributed by atoms with Gasteiger partial charge in [0, 0.05) is 18.0 Å². The Morgan fingerprint density at radius 2 is 1.93 bits per heavy atom. The van der Waals surface area contributed by atoms with Gasteiger partial charge in [-0.05, 0) is 46.5 Å². The van der Waals surface area contributed by atoms with E-state index < -0.39 is 0 Å². The summed E-state index contributed by atoms with van der Waals surface area (Å²) in [6.07, 6.45) is 2.70. The lowest BCUT2D eigenvalue weighted by molar-refractivity contribution is -0.218. The van der Waals surface area contributed by atoms with Gasteiger partial charge in [-0.1, -0.05) is 6.92 Å². The van der Waals surface area contributed by atoms with Crippen LogP contribution in [-0.4, -0.2) is 22.7 Å². The Labute approximate surface area is 87.6 Å². The van der Waals surface area contributed by atoms with Crippen molar-refractivity contribution >= 4 is 0 Å². The summed E-state index contributed by atoms with van der Waals surface area (Å²) in [5, 5.41) is 2.25. The van der Waals surface area contributed by atoms with Gasteiger partial charge in [-0.15, -0.1) is 0 Å². The molecule has 0 amide bonds. The quantitative estimate of drug-likeness (QED) is 0.641. The van der Waals surface area contributed by atoms with Crippen molar-refractivity contribution in [2.24, 2.45) is 11.8 Å². The average molecular weight is 197 g/mol. The number of hydroxylamine groups is 2. The van der Waals surface area contributed by atoms with Gasteiger partial charge in [-0.2, -0.15) is 5.06 Å². The summed E-state index contributed by atoms with van der Waals surface area (Å²) < 4.78 is 0. The topological polar surface area (TPSA) is 12.5 Å². The Bertz CT molecular complexity index is 224. The van der Waals surface area contributed by atoms with E-state index in [2.05, 4.69) is 39.7 Å². The molecule has 2 fully saturated rings. The van der Waals surface area contributed by atoms with Gasteiger partial charge in [0.15, 0.2) is 0 Å². The van der Waals surface area contributed by atoms with Crippen LogP contribution in [0.1, 0.15) is 47.5 Å². The molecule has 0 N–H and O–H groups in total. The lowest BCUT2D eigenvalue weighted by atomic mass is 9.86. The molecule has 3 unspecified atom stereocenters. The zero-order valence-electron chi connectivity index (χ0n) is 10.1. The SMILES string of the molecule is CC1CCC2C1N(C(C)C)OC2(C)C. The molecular formula is C12H23NO. The molecule has 1 heterocycles. The van der Waals surface area contributed by atoms with Crippen LogP contribution >= 0.6 is 0 Å². The summed E-state index contributed by atoms with van der Waals surface area (Å²) in [6.45, 7) is 11.3. The van der Waals surface area contributed by atoms with Gasteiger partial charge < -0.3 is 0 Å². The minimum Gasteiger partial charge on any atom is -0.292 e. The third-order valence-electron chi connectivity index (χ3n) is 3.96. The van der Waals surface area contributed by atoms with Crippen LogP contribution in [0.25, 0.3) is 0 Å². The first-order valence-electron chi connectivity index (χ1n) is 5.91. The van der Waals surface area contributed by atoms with E-state index in [9.17, 15) is 0 Å². The minimum atomic E-state index is 0.0553. The molecular weight excluding hydrogens is 174 g/mol. The van der Waals surface area contributed by atoms with Crippen LogP contribution in [0.2, 0.25) is 0 Å². The second-order valence-electron chi connectivity index (χ2n) is 5.80. The lowest BCUT2D eigenvalue weighted by Gasteiger charge is -2.29. The molecule has 2 aliphatic rings. The second kappa shape index (κ2) is 3.21. The molecule has 0 spiro atoms. The normalized spacial score (nSPS) is 42.0. The van der Waals surface area contributed by atoms with Crippen molar-refractivity contribution in [2.45, 2.75) is 65.1 Å². The van der Waals surface area contributed by atoms with Gasteiger partial charge in [0.25, 0.3) is 0 Å². The fraction of sp³-hybridized carbons (Fsp3) is 1.00. The molecule has 3 atom stereocenters. The highest BCUT2D eigenvalue weighted by Crippen LogP contribution is 2.48. The highest BCUT2D eigenvalue weighted by Gasteiger charge is 2.53. The van der Waals surface area contributed by atoms with Crippen molar-refractivity contribution in [1.29, 1.82) is 0 Å². The smallest absolute Gasteiger partial charge is 0.0887 e. The molecule has 0 bridgehead atoms. The molecule has 2 nitrogen and oxygen atoms in total. The first-order valence-corrected chi connectivity index (χ1v) is 5.91. The van der Waals surface area contributed by atoms with E-state index >= 15 is 0 Å². The van der Waals surface area contributed by atoms with E-state index in [-0.39, 0.29) is 5.60 Å². The van der Waals surface area contributed by atoms with Crippen LogP contribution in [0.15, 0.2) is 0 Å². The van der Waals surface area contributed by atoms with E-state index in [1.165, 1.54) is 12.8 Å². The fourth-order valence-electron chi connectivity index (χ4n) is 3.22. The van der Waals surface area contributed by atoms with Gasteiger partial charge in [-0.25, -0.2) is 0 Å². The minimum absolute atomic E-state index is 0.0553. The third kappa shape index (κ3) is 1.40. The van der Waals surface area contributed by atoms with Gasteiger partial charge in [0.05, 0.1) is 5.60 Å². The van der Waals surface area contributed by atoms with Crippen molar-refractivity contribution < 1.29 is 4.84 Å². The summed E-state index contributed by atoms with van der Waals surface area (Å²) in [6, 6.07) is 1.16. The summed E-state index contributed by atoms with van der Waals surface area (Å²) in [4.78, 5) is 6.08. The Morgan fingerprint density at radius 3 is 2.50 bits per heavy atom. The molecule has 82 valence electrons. The molecule has 2 heteroatoms. The summed E-state index contributed by atoms with van der Waals surface area (Å²) in [5.74, 6) is 1.53. The van der Waals surface area contributed by atoms with Crippen LogP contribution in [0.4, 0.5) is 0 Å². The first kappa shape index (κ1) is 10.4. The van der Waals surface area contributed by atoms with Crippen molar-refractivity contribution in [3.05, 3.63) is 0 Å². The molecule has 0 aromatic carbocycles. The molecule has 2 rings (SSSR count). The van der Waals surface area contributed by atoms with Crippen LogP contribution in [0.3, 0.4) is 0 Å². The Morgan fingerprint density at radius 1 is 1.29 bits per heavy atom. The third-order valence-corrected chi connectivity index (χ3v) is 3.96. The van der Waals surface area contributed by atoms with Crippen molar-refractivity contribution in [2.75, 3.05) is 0 Å². The van der Waals surface area contributed by atoms with Gasteiger partial charge in [0.2, 0.25) is 0 Å². The van der Waals surface area contributed by atoms with E-state index in [1.807, 2.05) is 0 Å². The van der Waals surface area contributed by atoms with Gasteiger partial charge in [-0.3, -0.25) is 4.84 Å². The maximum absolute atomic E-state index is 6.08. The molecule has 1 saturated heterocycles. The Kier molecular flexibility index (Phi) is 2.39. The predicted molar refractivity (Wildman–Crippen MR) is 57.8 cm³/mol. The van der Waals surface area contributed by atoms with Crippen LogP contribution in [0, 0.1) is 11.8 Å². The highest BCUT2D eigenvalue weighted by atomic mass is 16.7. The van der Waals surface area contributed by atoms with E-state index in [4.69, 9.17) is 4.84 Å². The molecule has 1 aliphatic carbocycles. The largest absolute Gasteiger partial charge is 0.292 e. The predicted octanol–water partition coefficient (Wildman–Crippen LogP) is 2.84. The Balaban J connectivity index is 2.23. The fourth-order valence-corrected chi connectivity index (χ4v) is 3.22.